The van der Waals surface area contributed by atoms with Crippen molar-refractivity contribution in [1.82, 2.24) is 35.6 Å². The van der Waals surface area contributed by atoms with Crippen molar-refractivity contribution in [2.75, 3.05) is 17.7 Å². The van der Waals surface area contributed by atoms with E-state index < -0.39 is 5.91 Å². The number of ether oxygens (including phenoxy) is 2. The van der Waals surface area contributed by atoms with Gasteiger partial charge in [-0.25, -0.2) is 9.97 Å². The Morgan fingerprint density at radius 1 is 0.638 bits per heavy atom. The van der Waals surface area contributed by atoms with E-state index in [1.54, 1.807) is 32.2 Å². The third-order valence-electron chi connectivity index (χ3n) is 8.34. The van der Waals surface area contributed by atoms with Crippen LogP contribution in [0.3, 0.4) is 0 Å². The molecule has 0 saturated carbocycles. The maximum absolute atomic E-state index is 13.1. The lowest BCUT2D eigenvalue weighted by molar-refractivity contribution is 0.101. The van der Waals surface area contributed by atoms with Gasteiger partial charge in [0.1, 0.15) is 57.9 Å². The van der Waals surface area contributed by atoms with E-state index in [0.29, 0.717) is 73.9 Å². The van der Waals surface area contributed by atoms with Gasteiger partial charge < -0.3 is 38.2 Å². The first-order valence-electron chi connectivity index (χ1n) is 17.7. The van der Waals surface area contributed by atoms with Crippen LogP contribution in [0.1, 0.15) is 46.1 Å². The number of anilines is 2. The fraction of sp³-hybridized carbons (Fsp3) is 0.146. The van der Waals surface area contributed by atoms with Crippen LogP contribution in [0.5, 0.6) is 11.8 Å². The molecule has 0 spiro atoms. The number of rotatable bonds is 11. The molecule has 0 unspecified atom stereocenters. The number of hydrogen-bond acceptors (Lipinski definition) is 15. The minimum Gasteiger partial charge on any atom is -0.479 e. The zero-order valence-electron chi connectivity index (χ0n) is 31.8. The van der Waals surface area contributed by atoms with Crippen molar-refractivity contribution in [1.29, 1.82) is 0 Å². The van der Waals surface area contributed by atoms with E-state index in [1.807, 2.05) is 74.5 Å². The largest absolute Gasteiger partial charge is 0.479 e. The molecule has 17 nitrogen and oxygen atoms in total. The van der Waals surface area contributed by atoms with Crippen LogP contribution < -0.4 is 20.1 Å². The lowest BCUT2D eigenvalue weighted by atomic mass is 10.1. The van der Waals surface area contributed by atoms with Gasteiger partial charge in [0.25, 0.3) is 11.8 Å². The summed E-state index contributed by atoms with van der Waals surface area (Å²) in [5.41, 5.74) is 5.87. The summed E-state index contributed by atoms with van der Waals surface area (Å²) in [5, 5.41) is 21.0. The molecular formula is C41H35N9O8. The number of aromatic nitrogens is 7. The molecule has 8 rings (SSSR count). The molecule has 0 aliphatic heterocycles. The fourth-order valence-electron chi connectivity index (χ4n) is 5.64. The van der Waals surface area contributed by atoms with Crippen LogP contribution in [0.2, 0.25) is 0 Å². The Morgan fingerprint density at radius 3 is 1.71 bits per heavy atom. The number of carbonyl (C=O) groups is 2. The van der Waals surface area contributed by atoms with Crippen LogP contribution in [-0.4, -0.2) is 60.6 Å². The molecule has 2 amide bonds. The van der Waals surface area contributed by atoms with Crippen molar-refractivity contribution in [3.8, 4) is 56.9 Å². The molecule has 8 aromatic rings. The average molecular weight is 782 g/mol. The van der Waals surface area contributed by atoms with Crippen molar-refractivity contribution >= 4 is 23.2 Å². The first kappa shape index (κ1) is 38.3. The number of hydrogen-bond donors (Lipinski definition) is 2. The molecule has 0 radical (unpaired) electrons. The molecular weight excluding hydrogens is 747 g/mol. The van der Waals surface area contributed by atoms with Gasteiger partial charge in [-0.2, -0.15) is 4.98 Å². The highest BCUT2D eigenvalue weighted by atomic mass is 16.5. The topological polar surface area (TPSA) is 219 Å². The Kier molecular flexibility index (Phi) is 11.4. The second kappa shape index (κ2) is 17.2. The molecule has 6 aromatic heterocycles. The van der Waals surface area contributed by atoms with Gasteiger partial charge in [-0.1, -0.05) is 81.3 Å². The highest BCUT2D eigenvalue weighted by Gasteiger charge is 2.25. The molecule has 0 aliphatic rings. The Morgan fingerprint density at radius 2 is 1.19 bits per heavy atom. The zero-order valence-corrected chi connectivity index (χ0v) is 31.8. The molecule has 0 aliphatic carbocycles. The van der Waals surface area contributed by atoms with Gasteiger partial charge in [0.15, 0.2) is 5.82 Å². The first-order valence-corrected chi connectivity index (χ1v) is 17.7. The number of nitrogens with zero attached hydrogens (tertiary/aromatic N) is 7. The van der Waals surface area contributed by atoms with Crippen LogP contribution in [-0.2, 0) is 0 Å². The summed E-state index contributed by atoms with van der Waals surface area (Å²) in [6.45, 7) is 7.15. The van der Waals surface area contributed by atoms with Crippen molar-refractivity contribution in [3.63, 3.8) is 0 Å². The van der Waals surface area contributed by atoms with Crippen LogP contribution in [0.25, 0.3) is 45.2 Å². The summed E-state index contributed by atoms with van der Waals surface area (Å²) in [4.78, 5) is 39.1. The smallest absolute Gasteiger partial charge is 0.261 e. The van der Waals surface area contributed by atoms with Crippen molar-refractivity contribution < 1.29 is 37.2 Å². The summed E-state index contributed by atoms with van der Waals surface area (Å²) in [7, 11) is 1.45. The van der Waals surface area contributed by atoms with Gasteiger partial charge in [-0.3, -0.25) is 9.59 Å². The molecule has 2 aromatic carbocycles. The molecule has 58 heavy (non-hydrogen) atoms. The highest BCUT2D eigenvalue weighted by molar-refractivity contribution is 6.10. The number of aryl methyl sites for hydroxylation is 2. The quantitative estimate of drug-likeness (QED) is 0.127. The highest BCUT2D eigenvalue weighted by Crippen LogP contribution is 2.32. The lowest BCUT2D eigenvalue weighted by Gasteiger charge is -2.15. The Balaban J connectivity index is 0.000000177. The average Bonchev–Trinajstić information content (AvgIpc) is 4.08. The first-order chi connectivity index (χ1) is 28.2. The van der Waals surface area contributed by atoms with Crippen molar-refractivity contribution in [3.05, 3.63) is 127 Å². The number of nitrogens with one attached hydrogen (secondary N) is 2. The van der Waals surface area contributed by atoms with Gasteiger partial charge >= 0.3 is 0 Å². The number of methoxy groups -OCH3 is 1. The zero-order chi connectivity index (χ0) is 40.6. The van der Waals surface area contributed by atoms with Gasteiger partial charge in [-0.05, 0) is 39.8 Å². The second-order valence-electron chi connectivity index (χ2n) is 12.7. The van der Waals surface area contributed by atoms with Gasteiger partial charge in [0, 0.05) is 11.1 Å². The third kappa shape index (κ3) is 8.47. The maximum Gasteiger partial charge on any atom is 0.261 e. The van der Waals surface area contributed by atoms with Crippen LogP contribution in [0, 0.1) is 13.8 Å². The monoisotopic (exact) mass is 781 g/mol. The van der Waals surface area contributed by atoms with Crippen LogP contribution in [0.4, 0.5) is 11.4 Å². The molecule has 0 saturated heterocycles. The van der Waals surface area contributed by atoms with Crippen LogP contribution in [0.15, 0.2) is 122 Å². The Bertz CT molecular complexity index is 2620. The van der Waals surface area contributed by atoms with E-state index in [4.69, 9.17) is 27.6 Å². The van der Waals surface area contributed by atoms with E-state index in [9.17, 15) is 9.59 Å². The molecule has 6 heterocycles. The second-order valence-corrected chi connectivity index (χ2v) is 12.7. The Labute approximate surface area is 330 Å². The molecule has 0 atom stereocenters. The minimum atomic E-state index is -0.405. The SMILES string of the molecule is COc1nc(-c2cnoc2)ncc1NC(=O)c1c(-c2ccccc2)noc1C.Cc1onc(-c2ccccc2)c1C(=O)Nc1ccc(-c2cnoc2)nc1OC(C)C. The molecule has 0 fully saturated rings. The molecule has 0 bridgehead atoms. The van der Waals surface area contributed by atoms with E-state index in [0.717, 1.165) is 11.1 Å². The fourth-order valence-corrected chi connectivity index (χ4v) is 5.64. The van der Waals surface area contributed by atoms with E-state index in [1.165, 1.54) is 32.0 Å². The number of pyridine rings is 1. The minimum absolute atomic E-state index is 0.136. The summed E-state index contributed by atoms with van der Waals surface area (Å²) >= 11 is 0. The third-order valence-corrected chi connectivity index (χ3v) is 8.34. The van der Waals surface area contributed by atoms with E-state index in [2.05, 4.69) is 46.2 Å². The summed E-state index contributed by atoms with van der Waals surface area (Å²) < 4.78 is 31.3. The number of benzene rings is 2. The van der Waals surface area contributed by atoms with Gasteiger partial charge in [0.2, 0.25) is 11.8 Å². The normalized spacial score (nSPS) is 10.8. The number of carbonyl (C=O) groups excluding carboxylic acids is 2. The molecule has 17 heteroatoms. The molecule has 292 valence electrons. The van der Waals surface area contributed by atoms with Gasteiger partial charge in [0.05, 0.1) is 48.6 Å². The molecule has 2 N–H and O–H groups in total. The summed E-state index contributed by atoms with van der Waals surface area (Å²) in [6.07, 6.45) is 7.28. The standard InChI is InChI=1S/C22H20N4O4.C19H15N5O4/c1-13(2)29-22-18(10-9-17(25-22)16-11-23-28-12-16)24-21(27)19-14(3)30-26-20(19)15-7-5-4-6-8-15;1-11-15(16(24-28-11)12-6-4-3-5-7-12)18(25)22-14-9-20-17(23-19(14)26-2)13-8-21-27-10-13/h4-13H,1-3H3,(H,24,27);3-10H,1-2H3,(H,22,25). The van der Waals surface area contributed by atoms with Crippen LogP contribution >= 0.6 is 0 Å². The Hall–Kier alpha value is -7.95. The van der Waals surface area contributed by atoms with Crippen molar-refractivity contribution in [2.45, 2.75) is 33.8 Å². The predicted molar refractivity (Wildman–Crippen MR) is 209 cm³/mol. The lowest BCUT2D eigenvalue weighted by Crippen LogP contribution is -2.16. The summed E-state index contributed by atoms with van der Waals surface area (Å²) in [6, 6.07) is 22.2. The maximum atomic E-state index is 13.1. The van der Waals surface area contributed by atoms with E-state index >= 15 is 0 Å². The summed E-state index contributed by atoms with van der Waals surface area (Å²) in [5.74, 6) is 0.923. The van der Waals surface area contributed by atoms with Crippen molar-refractivity contribution in [2.24, 2.45) is 0 Å². The van der Waals surface area contributed by atoms with Gasteiger partial charge in [-0.15, -0.1) is 0 Å². The predicted octanol–water partition coefficient (Wildman–Crippen LogP) is 8.10. The number of amides is 2. The van der Waals surface area contributed by atoms with E-state index in [-0.39, 0.29) is 17.9 Å².